The maximum absolute atomic E-state index is 9.14. The van der Waals surface area contributed by atoms with Gasteiger partial charge in [0.25, 0.3) is 0 Å². The van der Waals surface area contributed by atoms with Crippen molar-refractivity contribution in [2.45, 2.75) is 46.5 Å². The number of hydrogen-bond donors (Lipinski definition) is 1. The zero-order chi connectivity index (χ0) is 10.3. The van der Waals surface area contributed by atoms with Gasteiger partial charge in [-0.25, -0.2) is 0 Å². The van der Waals surface area contributed by atoms with Gasteiger partial charge in [-0.2, -0.15) is 5.26 Å². The van der Waals surface area contributed by atoms with Crippen molar-refractivity contribution < 1.29 is 0 Å². The van der Waals surface area contributed by atoms with Gasteiger partial charge in [-0.1, -0.05) is 33.1 Å². The van der Waals surface area contributed by atoms with Crippen LogP contribution in [-0.4, -0.2) is 6.54 Å². The molecular weight excluding hydrogens is 160 g/mol. The van der Waals surface area contributed by atoms with Gasteiger partial charge in [-0.3, -0.25) is 0 Å². The van der Waals surface area contributed by atoms with E-state index in [9.17, 15) is 0 Å². The van der Waals surface area contributed by atoms with E-state index in [2.05, 4.69) is 19.9 Å². The molecule has 0 aromatic carbocycles. The van der Waals surface area contributed by atoms with Gasteiger partial charge in [-0.05, 0) is 25.8 Å². The van der Waals surface area contributed by atoms with E-state index in [1.807, 2.05) is 6.92 Å². The normalized spacial score (nSPS) is 17.5. The van der Waals surface area contributed by atoms with Crippen molar-refractivity contribution in [1.29, 1.82) is 5.26 Å². The third-order valence-corrected chi connectivity index (χ3v) is 2.98. The highest BCUT2D eigenvalue weighted by molar-refractivity contribution is 4.99. The first-order valence-electron chi connectivity index (χ1n) is 5.25. The third kappa shape index (κ3) is 3.36. The molecule has 0 aromatic rings. The monoisotopic (exact) mass is 182 g/mol. The lowest BCUT2D eigenvalue weighted by atomic mass is 9.73. The number of nitrogens with two attached hydrogens (primary N) is 1. The highest BCUT2D eigenvalue weighted by Gasteiger charge is 2.31. The van der Waals surface area contributed by atoms with E-state index in [4.69, 9.17) is 11.0 Å². The first kappa shape index (κ1) is 12.4. The molecule has 0 aliphatic heterocycles. The van der Waals surface area contributed by atoms with Crippen molar-refractivity contribution in [3.8, 4) is 6.07 Å². The Kier molecular flexibility index (Phi) is 5.73. The summed E-state index contributed by atoms with van der Waals surface area (Å²) in [4.78, 5) is 0. The van der Waals surface area contributed by atoms with Crippen LogP contribution in [0, 0.1) is 22.7 Å². The molecule has 0 radical (unpaired) electrons. The van der Waals surface area contributed by atoms with Crippen LogP contribution in [0.1, 0.15) is 46.5 Å². The second kappa shape index (κ2) is 5.99. The van der Waals surface area contributed by atoms with E-state index in [1.165, 1.54) is 0 Å². The summed E-state index contributed by atoms with van der Waals surface area (Å²) >= 11 is 0. The minimum Gasteiger partial charge on any atom is -0.330 e. The number of rotatable bonds is 6. The van der Waals surface area contributed by atoms with Gasteiger partial charge in [0.1, 0.15) is 0 Å². The quantitative estimate of drug-likeness (QED) is 0.686. The zero-order valence-electron chi connectivity index (χ0n) is 9.14. The van der Waals surface area contributed by atoms with E-state index in [0.29, 0.717) is 12.5 Å². The maximum atomic E-state index is 9.14. The summed E-state index contributed by atoms with van der Waals surface area (Å²) < 4.78 is 0. The predicted octanol–water partition coefficient (Wildman–Crippen LogP) is 2.69. The Morgan fingerprint density at radius 1 is 1.46 bits per heavy atom. The average molecular weight is 182 g/mol. The van der Waals surface area contributed by atoms with Crippen LogP contribution in [0.2, 0.25) is 0 Å². The first-order valence-corrected chi connectivity index (χ1v) is 5.25. The van der Waals surface area contributed by atoms with Crippen molar-refractivity contribution in [2.24, 2.45) is 17.1 Å². The Hall–Kier alpha value is -0.550. The summed E-state index contributed by atoms with van der Waals surface area (Å²) in [5.74, 6) is 0.351. The molecule has 0 saturated heterocycles. The molecule has 0 heterocycles. The molecule has 2 heteroatoms. The Balaban J connectivity index is 4.33. The van der Waals surface area contributed by atoms with Crippen molar-refractivity contribution in [3.63, 3.8) is 0 Å². The molecule has 2 atom stereocenters. The molecule has 76 valence electrons. The molecule has 0 aliphatic carbocycles. The van der Waals surface area contributed by atoms with Gasteiger partial charge >= 0.3 is 0 Å². The molecule has 2 N–H and O–H groups in total. The molecule has 0 aromatic heterocycles. The molecule has 0 saturated carbocycles. The second-order valence-corrected chi connectivity index (χ2v) is 3.97. The Morgan fingerprint density at radius 2 is 2.08 bits per heavy atom. The van der Waals surface area contributed by atoms with Crippen molar-refractivity contribution in [3.05, 3.63) is 0 Å². The van der Waals surface area contributed by atoms with Crippen LogP contribution in [0.3, 0.4) is 0 Å². The predicted molar refractivity (Wildman–Crippen MR) is 56.1 cm³/mol. The molecule has 2 unspecified atom stereocenters. The van der Waals surface area contributed by atoms with Crippen LogP contribution in [0.25, 0.3) is 0 Å². The maximum Gasteiger partial charge on any atom is 0.0690 e. The minimum atomic E-state index is -0.209. The molecular formula is C11H22N2. The van der Waals surface area contributed by atoms with E-state index in [-0.39, 0.29) is 5.41 Å². The topological polar surface area (TPSA) is 49.8 Å². The zero-order valence-corrected chi connectivity index (χ0v) is 9.14. The van der Waals surface area contributed by atoms with Gasteiger partial charge in [0.05, 0.1) is 11.5 Å². The van der Waals surface area contributed by atoms with Gasteiger partial charge in [0.15, 0.2) is 0 Å². The van der Waals surface area contributed by atoms with Crippen LogP contribution >= 0.6 is 0 Å². The van der Waals surface area contributed by atoms with Gasteiger partial charge in [-0.15, -0.1) is 0 Å². The molecule has 2 nitrogen and oxygen atoms in total. The fraction of sp³-hybridized carbons (Fsp3) is 0.909. The molecule has 0 rings (SSSR count). The van der Waals surface area contributed by atoms with Crippen LogP contribution in [0.15, 0.2) is 0 Å². The van der Waals surface area contributed by atoms with Crippen molar-refractivity contribution in [2.75, 3.05) is 6.54 Å². The Labute approximate surface area is 82.1 Å². The van der Waals surface area contributed by atoms with Crippen LogP contribution in [-0.2, 0) is 0 Å². The summed E-state index contributed by atoms with van der Waals surface area (Å²) in [6.07, 6.45) is 4.26. The summed E-state index contributed by atoms with van der Waals surface area (Å²) in [5, 5.41) is 9.14. The van der Waals surface area contributed by atoms with Crippen LogP contribution < -0.4 is 5.73 Å². The standard InChI is InChI=1S/C11H22N2/c1-4-6-7-11(3,9-13)10(5-2)8-12/h10H,4-8,12H2,1-3H3. The van der Waals surface area contributed by atoms with E-state index < -0.39 is 0 Å². The molecule has 0 fully saturated rings. The number of hydrogen-bond acceptors (Lipinski definition) is 2. The fourth-order valence-corrected chi connectivity index (χ4v) is 1.77. The smallest absolute Gasteiger partial charge is 0.0690 e. The van der Waals surface area contributed by atoms with E-state index >= 15 is 0 Å². The molecule has 0 spiro atoms. The SMILES string of the molecule is CCCCC(C)(C#N)C(CC)CN. The summed E-state index contributed by atoms with van der Waals surface area (Å²) in [6.45, 7) is 6.94. The average Bonchev–Trinajstić information content (AvgIpc) is 2.16. The molecule has 0 amide bonds. The number of nitrogens with zero attached hydrogens (tertiary/aromatic N) is 1. The van der Waals surface area contributed by atoms with Crippen molar-refractivity contribution >= 4 is 0 Å². The Bertz CT molecular complexity index is 167. The Morgan fingerprint density at radius 3 is 2.38 bits per heavy atom. The minimum absolute atomic E-state index is 0.209. The highest BCUT2D eigenvalue weighted by Crippen LogP contribution is 2.33. The number of nitriles is 1. The lowest BCUT2D eigenvalue weighted by Gasteiger charge is -2.29. The van der Waals surface area contributed by atoms with Crippen molar-refractivity contribution in [1.82, 2.24) is 0 Å². The van der Waals surface area contributed by atoms with Crippen LogP contribution in [0.4, 0.5) is 0 Å². The largest absolute Gasteiger partial charge is 0.330 e. The number of unbranched alkanes of at least 4 members (excludes halogenated alkanes) is 1. The highest BCUT2D eigenvalue weighted by atomic mass is 14.6. The van der Waals surface area contributed by atoms with Gasteiger partial charge in [0.2, 0.25) is 0 Å². The molecule has 0 aliphatic rings. The summed E-state index contributed by atoms with van der Waals surface area (Å²) in [5.41, 5.74) is 5.46. The van der Waals surface area contributed by atoms with E-state index in [0.717, 1.165) is 25.7 Å². The van der Waals surface area contributed by atoms with E-state index in [1.54, 1.807) is 0 Å². The second-order valence-electron chi connectivity index (χ2n) is 3.97. The summed E-state index contributed by atoms with van der Waals surface area (Å²) in [6, 6.07) is 2.44. The van der Waals surface area contributed by atoms with Gasteiger partial charge in [0, 0.05) is 0 Å². The fourth-order valence-electron chi connectivity index (χ4n) is 1.77. The van der Waals surface area contributed by atoms with Gasteiger partial charge < -0.3 is 5.73 Å². The van der Waals surface area contributed by atoms with Crippen LogP contribution in [0.5, 0.6) is 0 Å². The lowest BCUT2D eigenvalue weighted by molar-refractivity contribution is 0.239. The summed E-state index contributed by atoms with van der Waals surface area (Å²) in [7, 11) is 0. The lowest BCUT2D eigenvalue weighted by Crippen LogP contribution is -2.31. The molecule has 13 heavy (non-hydrogen) atoms. The first-order chi connectivity index (χ1) is 6.14. The third-order valence-electron chi connectivity index (χ3n) is 2.98. The molecule has 0 bridgehead atoms.